The Morgan fingerprint density at radius 3 is 2.62 bits per heavy atom. The summed E-state index contributed by atoms with van der Waals surface area (Å²) in [6, 6.07) is 12.6. The summed E-state index contributed by atoms with van der Waals surface area (Å²) in [6.07, 6.45) is 5.98. The van der Waals surface area contributed by atoms with Gasteiger partial charge in [-0.25, -0.2) is 4.98 Å². The van der Waals surface area contributed by atoms with E-state index in [2.05, 4.69) is 59.0 Å². The van der Waals surface area contributed by atoms with Gasteiger partial charge < -0.3 is 14.5 Å². The molecule has 2 aromatic rings. The van der Waals surface area contributed by atoms with E-state index in [1.807, 2.05) is 17.2 Å². The number of likely N-dealkylation sites (tertiary alicyclic amines) is 1. The number of pyridine rings is 1. The summed E-state index contributed by atoms with van der Waals surface area (Å²) < 4.78 is 5.74. The lowest BCUT2D eigenvalue weighted by Crippen LogP contribution is -2.43. The molecule has 6 nitrogen and oxygen atoms in total. The van der Waals surface area contributed by atoms with Gasteiger partial charge in [0, 0.05) is 39.3 Å². The molecule has 4 rings (SSSR count). The van der Waals surface area contributed by atoms with Crippen molar-refractivity contribution in [2.75, 3.05) is 44.2 Å². The summed E-state index contributed by atoms with van der Waals surface area (Å²) >= 11 is 0. The molecule has 1 atom stereocenters. The van der Waals surface area contributed by atoms with Gasteiger partial charge in [0.2, 0.25) is 5.91 Å². The molecule has 0 unspecified atom stereocenters. The first-order valence-corrected chi connectivity index (χ1v) is 12.1. The summed E-state index contributed by atoms with van der Waals surface area (Å²) in [7, 11) is 0. The van der Waals surface area contributed by atoms with Gasteiger partial charge in [0.1, 0.15) is 11.6 Å². The number of hydrogen-bond acceptors (Lipinski definition) is 5. The quantitative estimate of drug-likeness (QED) is 0.588. The SMILES string of the molecule is CCCCOc1ccc(N2CCCN([C@@H]3CCN(Cc4ccc(C)cc4)C3=O)CC2)nc1. The first-order valence-electron chi connectivity index (χ1n) is 12.1. The molecule has 1 aromatic carbocycles. The van der Waals surface area contributed by atoms with Gasteiger partial charge in [-0.05, 0) is 43.9 Å². The maximum Gasteiger partial charge on any atom is 0.240 e. The van der Waals surface area contributed by atoms with Crippen LogP contribution in [0.3, 0.4) is 0 Å². The number of aryl methyl sites for hydroxylation is 1. The largest absolute Gasteiger partial charge is 0.492 e. The lowest BCUT2D eigenvalue weighted by atomic mass is 10.1. The Bertz CT molecular complexity index is 868. The zero-order chi connectivity index (χ0) is 22.3. The van der Waals surface area contributed by atoms with Crippen molar-refractivity contribution < 1.29 is 9.53 Å². The highest BCUT2D eigenvalue weighted by molar-refractivity contribution is 5.84. The molecular formula is C26H36N4O2. The average Bonchev–Trinajstić information content (AvgIpc) is 3.00. The molecule has 32 heavy (non-hydrogen) atoms. The number of carbonyl (C=O) groups is 1. The summed E-state index contributed by atoms with van der Waals surface area (Å²) in [5.41, 5.74) is 2.46. The number of aromatic nitrogens is 1. The van der Waals surface area contributed by atoms with E-state index < -0.39 is 0 Å². The Balaban J connectivity index is 1.30. The van der Waals surface area contributed by atoms with E-state index >= 15 is 0 Å². The highest BCUT2D eigenvalue weighted by atomic mass is 16.5. The van der Waals surface area contributed by atoms with Gasteiger partial charge in [0.15, 0.2) is 0 Å². The number of anilines is 1. The summed E-state index contributed by atoms with van der Waals surface area (Å²) in [5.74, 6) is 2.11. The van der Waals surface area contributed by atoms with Crippen LogP contribution in [0.2, 0.25) is 0 Å². The topological polar surface area (TPSA) is 48.9 Å². The first-order chi connectivity index (χ1) is 15.6. The summed E-state index contributed by atoms with van der Waals surface area (Å²) in [4.78, 5) is 24.5. The van der Waals surface area contributed by atoms with E-state index in [1.165, 1.54) is 11.1 Å². The fourth-order valence-corrected chi connectivity index (χ4v) is 4.59. The van der Waals surface area contributed by atoms with Crippen LogP contribution in [0, 0.1) is 6.92 Å². The minimum atomic E-state index is 0.0164. The van der Waals surface area contributed by atoms with Gasteiger partial charge in [-0.1, -0.05) is 43.2 Å². The lowest BCUT2D eigenvalue weighted by molar-refractivity contribution is -0.132. The fourth-order valence-electron chi connectivity index (χ4n) is 4.59. The van der Waals surface area contributed by atoms with Crippen LogP contribution >= 0.6 is 0 Å². The molecule has 2 saturated heterocycles. The van der Waals surface area contributed by atoms with Gasteiger partial charge in [0.25, 0.3) is 0 Å². The number of carbonyl (C=O) groups excluding carboxylic acids is 1. The molecular weight excluding hydrogens is 400 g/mol. The molecule has 0 N–H and O–H groups in total. The van der Waals surface area contributed by atoms with Crippen LogP contribution in [-0.2, 0) is 11.3 Å². The minimum Gasteiger partial charge on any atom is -0.492 e. The Morgan fingerprint density at radius 2 is 1.88 bits per heavy atom. The second kappa shape index (κ2) is 10.8. The third-order valence-corrected chi connectivity index (χ3v) is 6.55. The maximum atomic E-state index is 13.1. The van der Waals surface area contributed by atoms with E-state index in [4.69, 9.17) is 4.74 Å². The number of nitrogens with zero attached hydrogens (tertiary/aromatic N) is 4. The predicted molar refractivity (Wildman–Crippen MR) is 128 cm³/mol. The molecule has 3 heterocycles. The van der Waals surface area contributed by atoms with Crippen LogP contribution < -0.4 is 9.64 Å². The Hall–Kier alpha value is -2.60. The molecule has 2 fully saturated rings. The van der Waals surface area contributed by atoms with Crippen LogP contribution in [0.5, 0.6) is 5.75 Å². The van der Waals surface area contributed by atoms with Crippen molar-refractivity contribution in [1.29, 1.82) is 0 Å². The maximum absolute atomic E-state index is 13.1. The highest BCUT2D eigenvalue weighted by Gasteiger charge is 2.36. The number of unbranched alkanes of at least 4 members (excludes halogenated alkanes) is 1. The first kappa shape index (κ1) is 22.6. The second-order valence-electron chi connectivity index (χ2n) is 8.98. The molecule has 2 aliphatic rings. The molecule has 0 bridgehead atoms. The number of hydrogen-bond donors (Lipinski definition) is 0. The highest BCUT2D eigenvalue weighted by Crippen LogP contribution is 2.23. The Labute approximate surface area is 192 Å². The third-order valence-electron chi connectivity index (χ3n) is 6.55. The van der Waals surface area contributed by atoms with Crippen molar-refractivity contribution in [3.63, 3.8) is 0 Å². The molecule has 1 aromatic heterocycles. The van der Waals surface area contributed by atoms with Gasteiger partial charge in [-0.2, -0.15) is 0 Å². The van der Waals surface area contributed by atoms with Crippen molar-refractivity contribution in [1.82, 2.24) is 14.8 Å². The zero-order valence-corrected chi connectivity index (χ0v) is 19.5. The standard InChI is InChI=1S/C26H36N4O2/c1-3-4-18-32-23-10-11-25(27-19-23)29-14-5-13-28(16-17-29)24-12-15-30(26(24)31)20-22-8-6-21(2)7-9-22/h6-11,19,24H,3-5,12-18,20H2,1-2H3/t24-/m1/s1. The summed E-state index contributed by atoms with van der Waals surface area (Å²) in [6.45, 7) is 10.3. The summed E-state index contributed by atoms with van der Waals surface area (Å²) in [5, 5.41) is 0. The lowest BCUT2D eigenvalue weighted by Gasteiger charge is -2.27. The van der Waals surface area contributed by atoms with E-state index in [-0.39, 0.29) is 11.9 Å². The molecule has 1 amide bonds. The van der Waals surface area contributed by atoms with Crippen molar-refractivity contribution in [2.45, 2.75) is 52.1 Å². The van der Waals surface area contributed by atoms with Crippen LogP contribution in [0.25, 0.3) is 0 Å². The van der Waals surface area contributed by atoms with Crippen LogP contribution in [0.15, 0.2) is 42.6 Å². The smallest absolute Gasteiger partial charge is 0.240 e. The molecule has 0 spiro atoms. The van der Waals surface area contributed by atoms with E-state index in [0.717, 1.165) is 76.6 Å². The van der Waals surface area contributed by atoms with Gasteiger partial charge >= 0.3 is 0 Å². The number of rotatable bonds is 8. The Morgan fingerprint density at radius 1 is 1.03 bits per heavy atom. The number of ether oxygens (including phenoxy) is 1. The van der Waals surface area contributed by atoms with E-state index in [9.17, 15) is 4.79 Å². The van der Waals surface area contributed by atoms with Gasteiger partial charge in [-0.15, -0.1) is 0 Å². The fraction of sp³-hybridized carbons (Fsp3) is 0.538. The predicted octanol–water partition coefficient (Wildman–Crippen LogP) is 3.88. The molecule has 6 heteroatoms. The van der Waals surface area contributed by atoms with Crippen LogP contribution in [0.1, 0.15) is 43.7 Å². The van der Waals surface area contributed by atoms with Crippen LogP contribution in [-0.4, -0.2) is 66.1 Å². The molecule has 0 saturated carbocycles. The average molecular weight is 437 g/mol. The van der Waals surface area contributed by atoms with Crippen LogP contribution in [0.4, 0.5) is 5.82 Å². The molecule has 0 radical (unpaired) electrons. The second-order valence-corrected chi connectivity index (χ2v) is 8.98. The zero-order valence-electron chi connectivity index (χ0n) is 19.5. The monoisotopic (exact) mass is 436 g/mol. The van der Waals surface area contributed by atoms with Crippen molar-refractivity contribution >= 4 is 11.7 Å². The minimum absolute atomic E-state index is 0.0164. The normalized spacial score (nSPS) is 19.9. The van der Waals surface area contributed by atoms with Gasteiger partial charge in [0.05, 0.1) is 18.8 Å². The number of benzene rings is 1. The van der Waals surface area contributed by atoms with E-state index in [1.54, 1.807) is 0 Å². The molecule has 0 aliphatic carbocycles. The van der Waals surface area contributed by atoms with Crippen molar-refractivity contribution in [3.8, 4) is 5.75 Å². The van der Waals surface area contributed by atoms with Crippen molar-refractivity contribution in [3.05, 3.63) is 53.7 Å². The molecule has 2 aliphatic heterocycles. The third kappa shape index (κ3) is 5.60. The molecule has 172 valence electrons. The van der Waals surface area contributed by atoms with E-state index in [0.29, 0.717) is 6.54 Å². The van der Waals surface area contributed by atoms with Gasteiger partial charge in [-0.3, -0.25) is 9.69 Å². The van der Waals surface area contributed by atoms with Crippen molar-refractivity contribution in [2.24, 2.45) is 0 Å². The Kier molecular flexibility index (Phi) is 7.63. The number of amides is 1.